The molecule has 0 heterocycles. The minimum atomic E-state index is -1.55. The van der Waals surface area contributed by atoms with Crippen molar-refractivity contribution >= 4 is 0 Å². The summed E-state index contributed by atoms with van der Waals surface area (Å²) in [4.78, 5) is 0. The maximum atomic E-state index is 9.21. The van der Waals surface area contributed by atoms with Crippen molar-refractivity contribution in [2.75, 3.05) is 33.3 Å². The first-order valence-electron chi connectivity index (χ1n) is 6.14. The zero-order valence-corrected chi connectivity index (χ0v) is 11.4. The molecule has 0 saturated carbocycles. The SMILES string of the molecule is CCNCC.CNC[C@H](O)[C@@H](O)[C@H](O)[C@H](O)CO. The van der Waals surface area contributed by atoms with Crippen LogP contribution >= 0.6 is 0 Å². The molecule has 18 heavy (non-hydrogen) atoms. The fourth-order valence-corrected chi connectivity index (χ4v) is 1.14. The van der Waals surface area contributed by atoms with Crippen LogP contribution in [0.25, 0.3) is 0 Å². The highest BCUT2D eigenvalue weighted by molar-refractivity contribution is 4.81. The molecule has 0 spiro atoms. The lowest BCUT2D eigenvalue weighted by Crippen LogP contribution is -2.48. The van der Waals surface area contributed by atoms with Crippen LogP contribution in [0.15, 0.2) is 0 Å². The third-order valence-corrected chi connectivity index (χ3v) is 2.24. The molecule has 0 aliphatic carbocycles. The van der Waals surface area contributed by atoms with E-state index in [0.29, 0.717) is 0 Å². The Morgan fingerprint density at radius 3 is 1.61 bits per heavy atom. The van der Waals surface area contributed by atoms with Gasteiger partial charge >= 0.3 is 0 Å². The Hall–Kier alpha value is -0.280. The molecule has 0 amide bonds. The first-order valence-corrected chi connectivity index (χ1v) is 6.14. The van der Waals surface area contributed by atoms with Gasteiger partial charge in [0.05, 0.1) is 12.7 Å². The fourth-order valence-electron chi connectivity index (χ4n) is 1.14. The highest BCUT2D eigenvalue weighted by atomic mass is 16.4. The number of aliphatic hydroxyl groups is 5. The van der Waals surface area contributed by atoms with Crippen LogP contribution in [0, 0.1) is 0 Å². The van der Waals surface area contributed by atoms with Crippen molar-refractivity contribution in [2.24, 2.45) is 0 Å². The van der Waals surface area contributed by atoms with Crippen LogP contribution in [0.1, 0.15) is 13.8 Å². The Morgan fingerprint density at radius 2 is 1.33 bits per heavy atom. The monoisotopic (exact) mass is 268 g/mol. The number of hydrogen-bond acceptors (Lipinski definition) is 7. The Bertz CT molecular complexity index is 172. The Labute approximate surface area is 108 Å². The van der Waals surface area contributed by atoms with Crippen molar-refractivity contribution in [3.8, 4) is 0 Å². The summed E-state index contributed by atoms with van der Waals surface area (Å²) in [6.45, 7) is 5.82. The van der Waals surface area contributed by atoms with E-state index in [1.807, 2.05) is 0 Å². The molecule has 4 atom stereocenters. The third kappa shape index (κ3) is 9.72. The van der Waals surface area contributed by atoms with E-state index in [2.05, 4.69) is 24.5 Å². The number of hydrogen-bond donors (Lipinski definition) is 7. The van der Waals surface area contributed by atoms with Gasteiger partial charge in [0.2, 0.25) is 0 Å². The van der Waals surface area contributed by atoms with Gasteiger partial charge in [-0.25, -0.2) is 0 Å². The summed E-state index contributed by atoms with van der Waals surface area (Å²) in [7, 11) is 1.57. The summed E-state index contributed by atoms with van der Waals surface area (Å²) in [5.74, 6) is 0. The lowest BCUT2D eigenvalue weighted by atomic mass is 10.0. The van der Waals surface area contributed by atoms with Crippen LogP contribution in [-0.4, -0.2) is 83.2 Å². The molecule has 0 saturated heterocycles. The van der Waals surface area contributed by atoms with Gasteiger partial charge < -0.3 is 36.2 Å². The van der Waals surface area contributed by atoms with Gasteiger partial charge in [-0.2, -0.15) is 0 Å². The molecule has 7 nitrogen and oxygen atoms in total. The molecule has 0 rings (SSSR count). The summed E-state index contributed by atoms with van der Waals surface area (Å²) in [6, 6.07) is 0. The largest absolute Gasteiger partial charge is 0.394 e. The van der Waals surface area contributed by atoms with E-state index in [-0.39, 0.29) is 6.54 Å². The maximum absolute atomic E-state index is 9.21. The minimum Gasteiger partial charge on any atom is -0.394 e. The molecule has 0 aromatic carbocycles. The molecule has 0 radical (unpaired) electrons. The second-order valence-electron chi connectivity index (χ2n) is 3.81. The van der Waals surface area contributed by atoms with Crippen molar-refractivity contribution in [2.45, 2.75) is 38.3 Å². The van der Waals surface area contributed by atoms with Gasteiger partial charge in [-0.3, -0.25) is 0 Å². The molecule has 7 N–H and O–H groups in total. The molecular formula is C11H28N2O5. The Balaban J connectivity index is 0. The predicted molar refractivity (Wildman–Crippen MR) is 69.3 cm³/mol. The first kappa shape index (κ1) is 20.0. The standard InChI is InChI=1S/C7H17NO5.C4H11N/c1-8-2-4(10)6(12)7(13)5(11)3-9;1-3-5-4-2/h4-13H,2-3H2,1H3;5H,3-4H2,1-2H3/t4-,5+,6+,7+;/m0./s1. The summed E-state index contributed by atoms with van der Waals surface area (Å²) < 4.78 is 0. The predicted octanol–water partition coefficient (Wildman–Crippen LogP) is -2.74. The summed E-state index contributed by atoms with van der Waals surface area (Å²) in [6.07, 6.45) is -5.65. The van der Waals surface area contributed by atoms with E-state index in [1.54, 1.807) is 7.05 Å². The van der Waals surface area contributed by atoms with Gasteiger partial charge in [-0.05, 0) is 20.1 Å². The second-order valence-corrected chi connectivity index (χ2v) is 3.81. The van der Waals surface area contributed by atoms with Crippen LogP contribution in [0.5, 0.6) is 0 Å². The smallest absolute Gasteiger partial charge is 0.111 e. The van der Waals surface area contributed by atoms with Crippen molar-refractivity contribution < 1.29 is 25.5 Å². The molecule has 0 aliphatic heterocycles. The quantitative estimate of drug-likeness (QED) is 0.255. The summed E-state index contributed by atoms with van der Waals surface area (Å²) in [5, 5.41) is 50.6. The van der Waals surface area contributed by atoms with E-state index in [0.717, 1.165) is 13.1 Å². The average Bonchev–Trinajstić information content (AvgIpc) is 2.38. The lowest BCUT2D eigenvalue weighted by Gasteiger charge is -2.25. The highest BCUT2D eigenvalue weighted by Gasteiger charge is 2.29. The van der Waals surface area contributed by atoms with Crippen LogP contribution in [0.4, 0.5) is 0 Å². The van der Waals surface area contributed by atoms with E-state index in [1.165, 1.54) is 0 Å². The van der Waals surface area contributed by atoms with E-state index in [9.17, 15) is 5.11 Å². The number of aliphatic hydroxyl groups excluding tert-OH is 5. The fraction of sp³-hybridized carbons (Fsp3) is 1.00. The van der Waals surface area contributed by atoms with Crippen molar-refractivity contribution in [3.05, 3.63) is 0 Å². The number of rotatable bonds is 8. The maximum Gasteiger partial charge on any atom is 0.111 e. The van der Waals surface area contributed by atoms with E-state index < -0.39 is 31.0 Å². The van der Waals surface area contributed by atoms with Crippen molar-refractivity contribution in [1.29, 1.82) is 0 Å². The van der Waals surface area contributed by atoms with E-state index >= 15 is 0 Å². The van der Waals surface area contributed by atoms with Gasteiger partial charge in [0.1, 0.15) is 18.3 Å². The zero-order chi connectivity index (χ0) is 14.6. The van der Waals surface area contributed by atoms with Crippen molar-refractivity contribution in [1.82, 2.24) is 10.6 Å². The highest BCUT2D eigenvalue weighted by Crippen LogP contribution is 2.04. The summed E-state index contributed by atoms with van der Waals surface area (Å²) >= 11 is 0. The molecular weight excluding hydrogens is 240 g/mol. The summed E-state index contributed by atoms with van der Waals surface area (Å²) in [5.41, 5.74) is 0. The van der Waals surface area contributed by atoms with Crippen LogP contribution < -0.4 is 10.6 Å². The van der Waals surface area contributed by atoms with Crippen molar-refractivity contribution in [3.63, 3.8) is 0 Å². The van der Waals surface area contributed by atoms with Crippen LogP contribution in [0.3, 0.4) is 0 Å². The molecule has 0 aromatic rings. The topological polar surface area (TPSA) is 125 Å². The Kier molecular flexibility index (Phi) is 14.7. The van der Waals surface area contributed by atoms with Gasteiger partial charge in [0.15, 0.2) is 0 Å². The molecule has 7 heteroatoms. The minimum absolute atomic E-state index is 0.0936. The molecule has 0 unspecified atom stereocenters. The molecule has 0 aliphatic rings. The van der Waals surface area contributed by atoms with Gasteiger partial charge in [0, 0.05) is 6.54 Å². The van der Waals surface area contributed by atoms with Gasteiger partial charge in [0.25, 0.3) is 0 Å². The number of nitrogens with one attached hydrogen (secondary N) is 2. The van der Waals surface area contributed by atoms with Crippen LogP contribution in [-0.2, 0) is 0 Å². The molecule has 112 valence electrons. The normalized spacial score (nSPS) is 17.3. The lowest BCUT2D eigenvalue weighted by molar-refractivity contribution is -0.113. The van der Waals surface area contributed by atoms with Gasteiger partial charge in [-0.15, -0.1) is 0 Å². The molecule has 0 aromatic heterocycles. The molecule has 0 bridgehead atoms. The Morgan fingerprint density at radius 1 is 0.889 bits per heavy atom. The van der Waals surface area contributed by atoms with E-state index in [4.69, 9.17) is 20.4 Å². The van der Waals surface area contributed by atoms with Crippen LogP contribution in [0.2, 0.25) is 0 Å². The molecule has 0 fully saturated rings. The first-order chi connectivity index (χ1) is 8.45. The zero-order valence-electron chi connectivity index (χ0n) is 11.4. The average molecular weight is 268 g/mol. The third-order valence-electron chi connectivity index (χ3n) is 2.24. The number of likely N-dealkylation sites (N-methyl/N-ethyl adjacent to an activating group) is 1. The van der Waals surface area contributed by atoms with Gasteiger partial charge in [-0.1, -0.05) is 13.8 Å². The second kappa shape index (κ2) is 13.2.